The number of rotatable bonds is 7. The average Bonchev–Trinajstić information content (AvgIpc) is 2.55. The molecule has 22 heavy (non-hydrogen) atoms. The van der Waals surface area contributed by atoms with Crippen molar-refractivity contribution < 1.29 is 19.0 Å². The number of methoxy groups -OCH3 is 1. The molecule has 0 amide bonds. The van der Waals surface area contributed by atoms with E-state index in [4.69, 9.17) is 14.2 Å². The molecule has 0 aliphatic heterocycles. The molecule has 4 heteroatoms. The molecule has 4 nitrogen and oxygen atoms in total. The van der Waals surface area contributed by atoms with Crippen LogP contribution < -0.4 is 4.74 Å². The van der Waals surface area contributed by atoms with Crippen LogP contribution in [0.2, 0.25) is 0 Å². The minimum atomic E-state index is -0.400. The fourth-order valence-corrected chi connectivity index (χ4v) is 3.09. The van der Waals surface area contributed by atoms with Gasteiger partial charge in [-0.25, -0.2) is 0 Å². The third-order valence-electron chi connectivity index (χ3n) is 4.43. The normalized spacial score (nSPS) is 24.7. The van der Waals surface area contributed by atoms with Gasteiger partial charge in [0, 0.05) is 13.7 Å². The number of carbonyl (C=O) groups is 1. The molecule has 122 valence electrons. The van der Waals surface area contributed by atoms with Crippen molar-refractivity contribution in [3.05, 3.63) is 30.3 Å². The minimum Gasteiger partial charge on any atom is -0.490 e. The molecule has 1 aromatic rings. The Morgan fingerprint density at radius 1 is 1.23 bits per heavy atom. The lowest BCUT2D eigenvalue weighted by Crippen LogP contribution is -2.40. The third-order valence-corrected chi connectivity index (χ3v) is 4.43. The molecule has 0 bridgehead atoms. The van der Waals surface area contributed by atoms with Crippen LogP contribution in [0.25, 0.3) is 0 Å². The maximum absolute atomic E-state index is 12.4. The molecule has 1 saturated carbocycles. The van der Waals surface area contributed by atoms with Crippen LogP contribution >= 0.6 is 0 Å². The Kier molecular flexibility index (Phi) is 6.25. The monoisotopic (exact) mass is 306 g/mol. The van der Waals surface area contributed by atoms with E-state index in [1.165, 1.54) is 0 Å². The SMILES string of the molecule is CCOC(=O)C1(CCOC)CCC(Oc2ccccc2)CC1. The molecule has 0 N–H and O–H groups in total. The van der Waals surface area contributed by atoms with Gasteiger partial charge in [-0.2, -0.15) is 0 Å². The molecule has 0 radical (unpaired) electrons. The number of ether oxygens (including phenoxy) is 3. The summed E-state index contributed by atoms with van der Waals surface area (Å²) in [7, 11) is 1.67. The molecule has 0 unspecified atom stereocenters. The molecule has 0 aromatic heterocycles. The summed E-state index contributed by atoms with van der Waals surface area (Å²) in [6.07, 6.45) is 4.24. The van der Waals surface area contributed by atoms with Gasteiger partial charge in [-0.15, -0.1) is 0 Å². The van der Waals surface area contributed by atoms with Gasteiger partial charge in [-0.1, -0.05) is 18.2 Å². The summed E-state index contributed by atoms with van der Waals surface area (Å²) < 4.78 is 16.5. The standard InChI is InChI=1S/C18H26O4/c1-3-21-17(19)18(13-14-20-2)11-9-16(10-12-18)22-15-7-5-4-6-8-15/h4-8,16H,3,9-14H2,1-2H3. The van der Waals surface area contributed by atoms with Crippen LogP contribution in [0.1, 0.15) is 39.0 Å². The summed E-state index contributed by atoms with van der Waals surface area (Å²) in [6.45, 7) is 2.87. The van der Waals surface area contributed by atoms with Crippen molar-refractivity contribution in [3.8, 4) is 5.75 Å². The second kappa shape index (κ2) is 8.18. The molecule has 0 atom stereocenters. The molecule has 1 aliphatic carbocycles. The van der Waals surface area contributed by atoms with Gasteiger partial charge in [-0.05, 0) is 51.2 Å². The van der Waals surface area contributed by atoms with Gasteiger partial charge < -0.3 is 14.2 Å². The van der Waals surface area contributed by atoms with E-state index in [0.717, 1.165) is 37.9 Å². The van der Waals surface area contributed by atoms with E-state index < -0.39 is 5.41 Å². The molecule has 2 rings (SSSR count). The molecule has 1 aromatic carbocycles. The zero-order valence-electron chi connectivity index (χ0n) is 13.5. The van der Waals surface area contributed by atoms with E-state index >= 15 is 0 Å². The Hall–Kier alpha value is -1.55. The fraction of sp³-hybridized carbons (Fsp3) is 0.611. The van der Waals surface area contributed by atoms with Crippen LogP contribution in [0.15, 0.2) is 30.3 Å². The maximum atomic E-state index is 12.4. The fourth-order valence-electron chi connectivity index (χ4n) is 3.09. The second-order valence-electron chi connectivity index (χ2n) is 5.87. The highest BCUT2D eigenvalue weighted by Gasteiger charge is 2.43. The van der Waals surface area contributed by atoms with Crippen molar-refractivity contribution in [1.29, 1.82) is 0 Å². The Morgan fingerprint density at radius 3 is 2.50 bits per heavy atom. The van der Waals surface area contributed by atoms with Crippen molar-refractivity contribution in [1.82, 2.24) is 0 Å². The molecule has 1 fully saturated rings. The van der Waals surface area contributed by atoms with E-state index in [9.17, 15) is 4.79 Å². The number of carbonyl (C=O) groups excluding carboxylic acids is 1. The Balaban J connectivity index is 1.95. The maximum Gasteiger partial charge on any atom is 0.312 e. The molecule has 0 heterocycles. The van der Waals surface area contributed by atoms with Crippen LogP contribution in [-0.2, 0) is 14.3 Å². The van der Waals surface area contributed by atoms with Crippen molar-refractivity contribution >= 4 is 5.97 Å². The van der Waals surface area contributed by atoms with Gasteiger partial charge in [0.2, 0.25) is 0 Å². The predicted octanol–water partition coefficient (Wildman–Crippen LogP) is 3.59. The quantitative estimate of drug-likeness (QED) is 0.722. The Labute approximate surface area is 132 Å². The van der Waals surface area contributed by atoms with Crippen LogP contribution in [0.3, 0.4) is 0 Å². The van der Waals surface area contributed by atoms with Gasteiger partial charge in [0.1, 0.15) is 5.75 Å². The summed E-state index contributed by atoms with van der Waals surface area (Å²) in [5, 5.41) is 0. The second-order valence-corrected chi connectivity index (χ2v) is 5.87. The zero-order chi connectivity index (χ0) is 15.8. The van der Waals surface area contributed by atoms with E-state index in [0.29, 0.717) is 13.2 Å². The topological polar surface area (TPSA) is 44.8 Å². The largest absolute Gasteiger partial charge is 0.490 e. The van der Waals surface area contributed by atoms with E-state index in [2.05, 4.69) is 0 Å². The van der Waals surface area contributed by atoms with Crippen LogP contribution in [-0.4, -0.2) is 32.4 Å². The van der Waals surface area contributed by atoms with Crippen LogP contribution in [0.4, 0.5) is 0 Å². The van der Waals surface area contributed by atoms with E-state index in [1.54, 1.807) is 7.11 Å². The highest BCUT2D eigenvalue weighted by Crippen LogP contribution is 2.41. The first-order chi connectivity index (χ1) is 10.7. The summed E-state index contributed by atoms with van der Waals surface area (Å²) in [4.78, 5) is 12.4. The summed E-state index contributed by atoms with van der Waals surface area (Å²) >= 11 is 0. The average molecular weight is 306 g/mol. The smallest absolute Gasteiger partial charge is 0.312 e. The van der Waals surface area contributed by atoms with Crippen molar-refractivity contribution in [2.75, 3.05) is 20.3 Å². The first-order valence-corrected chi connectivity index (χ1v) is 8.08. The first-order valence-electron chi connectivity index (χ1n) is 8.08. The van der Waals surface area contributed by atoms with E-state index in [-0.39, 0.29) is 12.1 Å². The number of hydrogen-bond acceptors (Lipinski definition) is 4. The van der Waals surface area contributed by atoms with Gasteiger partial charge in [0.15, 0.2) is 0 Å². The van der Waals surface area contributed by atoms with Gasteiger partial charge in [0.05, 0.1) is 18.1 Å². The van der Waals surface area contributed by atoms with Gasteiger partial charge >= 0.3 is 5.97 Å². The highest BCUT2D eigenvalue weighted by molar-refractivity contribution is 5.77. The lowest BCUT2D eigenvalue weighted by molar-refractivity contribution is -0.160. The molecule has 1 aliphatic rings. The molecular formula is C18H26O4. The van der Waals surface area contributed by atoms with Crippen molar-refractivity contribution in [2.45, 2.75) is 45.1 Å². The zero-order valence-corrected chi connectivity index (χ0v) is 13.5. The van der Waals surface area contributed by atoms with Gasteiger partial charge in [0.25, 0.3) is 0 Å². The van der Waals surface area contributed by atoms with Crippen molar-refractivity contribution in [3.63, 3.8) is 0 Å². The summed E-state index contributed by atoms with van der Waals surface area (Å²) in [5.41, 5.74) is -0.400. The molecular weight excluding hydrogens is 280 g/mol. The third kappa shape index (κ3) is 4.23. The van der Waals surface area contributed by atoms with Crippen LogP contribution in [0, 0.1) is 5.41 Å². The Morgan fingerprint density at radius 2 is 1.91 bits per heavy atom. The number of esters is 1. The number of benzene rings is 1. The van der Waals surface area contributed by atoms with Crippen LogP contribution in [0.5, 0.6) is 5.75 Å². The molecule has 0 saturated heterocycles. The van der Waals surface area contributed by atoms with Gasteiger partial charge in [-0.3, -0.25) is 4.79 Å². The van der Waals surface area contributed by atoms with E-state index in [1.807, 2.05) is 37.3 Å². The Bertz CT molecular complexity index is 449. The summed E-state index contributed by atoms with van der Waals surface area (Å²) in [5.74, 6) is 0.818. The predicted molar refractivity (Wildman–Crippen MR) is 84.9 cm³/mol. The number of para-hydroxylation sites is 1. The highest BCUT2D eigenvalue weighted by atomic mass is 16.5. The lowest BCUT2D eigenvalue weighted by Gasteiger charge is -2.38. The van der Waals surface area contributed by atoms with Crippen molar-refractivity contribution in [2.24, 2.45) is 5.41 Å². The lowest BCUT2D eigenvalue weighted by atomic mass is 9.71. The first kappa shape index (κ1) is 16.8. The molecule has 0 spiro atoms. The minimum absolute atomic E-state index is 0.0785. The summed E-state index contributed by atoms with van der Waals surface area (Å²) in [6, 6.07) is 9.86. The number of hydrogen-bond donors (Lipinski definition) is 0.